The minimum atomic E-state index is -0.406. The molecule has 0 radical (unpaired) electrons. The lowest BCUT2D eigenvalue weighted by Crippen LogP contribution is -2.16. The summed E-state index contributed by atoms with van der Waals surface area (Å²) in [4.78, 5) is 27.7. The first-order valence-electron chi connectivity index (χ1n) is 6.33. The highest BCUT2D eigenvalue weighted by Gasteiger charge is 2.11. The molecule has 0 unspecified atom stereocenters. The molecule has 1 amide bonds. The summed E-state index contributed by atoms with van der Waals surface area (Å²) < 4.78 is 7.32. The molecule has 0 saturated heterocycles. The Hall–Kier alpha value is -2.39. The third-order valence-electron chi connectivity index (χ3n) is 2.88. The fraction of sp³-hybridized carbons (Fsp3) is 0.267. The molecule has 1 aromatic carbocycles. The summed E-state index contributed by atoms with van der Waals surface area (Å²) in [6.45, 7) is 2.06. The Morgan fingerprint density at radius 3 is 2.86 bits per heavy atom. The molecule has 0 aliphatic carbocycles. The summed E-state index contributed by atoms with van der Waals surface area (Å²) in [5.41, 5.74) is 1.29. The van der Waals surface area contributed by atoms with Crippen molar-refractivity contribution >= 4 is 33.4 Å². The van der Waals surface area contributed by atoms with Gasteiger partial charge in [0.05, 0.1) is 29.4 Å². The van der Waals surface area contributed by atoms with E-state index in [2.05, 4.69) is 10.9 Å². The summed E-state index contributed by atoms with van der Waals surface area (Å²) in [5.74, 6) is 1.94. The number of thiazole rings is 1. The van der Waals surface area contributed by atoms with Gasteiger partial charge in [-0.2, -0.15) is 4.99 Å². The highest BCUT2D eigenvalue weighted by Crippen LogP contribution is 2.19. The average Bonchev–Trinajstić information content (AvgIpc) is 2.83. The predicted octanol–water partition coefficient (Wildman–Crippen LogP) is 1.96. The van der Waals surface area contributed by atoms with E-state index in [9.17, 15) is 9.59 Å². The molecule has 1 aromatic heterocycles. The predicted molar refractivity (Wildman–Crippen MR) is 80.8 cm³/mol. The topological polar surface area (TPSA) is 60.7 Å². The van der Waals surface area contributed by atoms with Gasteiger partial charge in [-0.15, -0.1) is 6.42 Å². The van der Waals surface area contributed by atoms with Crippen LogP contribution >= 0.6 is 11.3 Å². The Bertz CT molecular complexity index is 808. The van der Waals surface area contributed by atoms with Crippen LogP contribution in [-0.2, 0) is 16.1 Å². The summed E-state index contributed by atoms with van der Waals surface area (Å²) in [5, 5.41) is 0. The lowest BCUT2D eigenvalue weighted by atomic mass is 10.2. The van der Waals surface area contributed by atoms with Crippen molar-refractivity contribution < 1.29 is 14.3 Å². The monoisotopic (exact) mass is 302 g/mol. The van der Waals surface area contributed by atoms with Gasteiger partial charge in [-0.05, 0) is 18.2 Å². The van der Waals surface area contributed by atoms with Crippen LogP contribution < -0.4 is 4.80 Å². The standard InChI is InChI=1S/C15H14N2O3S/c1-4-8-17-11-7-6-10(14(19)20-3)9-12(11)21-15(17)16-13(18)5-2/h1,6-7,9H,5,8H2,2-3H3. The number of methoxy groups -OCH3 is 1. The van der Waals surface area contributed by atoms with E-state index in [1.54, 1.807) is 29.7 Å². The number of esters is 1. The first-order valence-corrected chi connectivity index (χ1v) is 7.15. The third-order valence-corrected chi connectivity index (χ3v) is 3.92. The number of carbonyl (C=O) groups excluding carboxylic acids is 2. The maximum absolute atomic E-state index is 11.6. The highest BCUT2D eigenvalue weighted by atomic mass is 32.1. The fourth-order valence-corrected chi connectivity index (χ4v) is 2.92. The maximum Gasteiger partial charge on any atom is 0.337 e. The van der Waals surface area contributed by atoms with Crippen LogP contribution in [0.3, 0.4) is 0 Å². The van der Waals surface area contributed by atoms with Gasteiger partial charge in [-0.1, -0.05) is 24.2 Å². The number of carbonyl (C=O) groups is 2. The van der Waals surface area contributed by atoms with E-state index in [0.29, 0.717) is 23.3 Å². The highest BCUT2D eigenvalue weighted by molar-refractivity contribution is 7.16. The van der Waals surface area contributed by atoms with Crippen molar-refractivity contribution in [2.75, 3.05) is 7.11 Å². The zero-order valence-corrected chi connectivity index (χ0v) is 12.6. The molecule has 6 heteroatoms. The van der Waals surface area contributed by atoms with Crippen LogP contribution in [0, 0.1) is 12.3 Å². The molecule has 0 aliphatic rings. The first-order chi connectivity index (χ1) is 10.1. The van der Waals surface area contributed by atoms with Crippen LogP contribution in [0.4, 0.5) is 0 Å². The number of amides is 1. The van der Waals surface area contributed by atoms with Crippen LogP contribution in [0.2, 0.25) is 0 Å². The second-order valence-electron chi connectivity index (χ2n) is 4.21. The second kappa shape index (κ2) is 6.37. The van der Waals surface area contributed by atoms with Gasteiger partial charge in [0.1, 0.15) is 0 Å². The molecule has 2 rings (SSSR count). The van der Waals surface area contributed by atoms with Gasteiger partial charge in [-0.25, -0.2) is 4.79 Å². The van der Waals surface area contributed by atoms with Crippen molar-refractivity contribution in [3.05, 3.63) is 28.6 Å². The van der Waals surface area contributed by atoms with Crippen molar-refractivity contribution in [2.24, 2.45) is 4.99 Å². The number of nitrogens with zero attached hydrogens (tertiary/aromatic N) is 2. The summed E-state index contributed by atoms with van der Waals surface area (Å²) in [6, 6.07) is 5.17. The van der Waals surface area contributed by atoms with Crippen LogP contribution in [0.25, 0.3) is 10.2 Å². The van der Waals surface area contributed by atoms with Gasteiger partial charge in [0.15, 0.2) is 4.80 Å². The SMILES string of the molecule is C#CCn1c(=NC(=O)CC)sc2cc(C(=O)OC)ccc21. The van der Waals surface area contributed by atoms with Crippen LogP contribution in [-0.4, -0.2) is 23.6 Å². The Morgan fingerprint density at radius 2 is 2.24 bits per heavy atom. The molecule has 0 atom stereocenters. The molecule has 0 N–H and O–H groups in total. The molecule has 0 spiro atoms. The van der Waals surface area contributed by atoms with E-state index >= 15 is 0 Å². The summed E-state index contributed by atoms with van der Waals surface area (Å²) in [7, 11) is 1.33. The number of aromatic nitrogens is 1. The number of hydrogen-bond donors (Lipinski definition) is 0. The largest absolute Gasteiger partial charge is 0.465 e. The van der Waals surface area contributed by atoms with Gasteiger partial charge >= 0.3 is 5.97 Å². The van der Waals surface area contributed by atoms with Gasteiger partial charge in [0.2, 0.25) is 5.91 Å². The molecule has 0 saturated carbocycles. The smallest absolute Gasteiger partial charge is 0.337 e. The number of hydrogen-bond acceptors (Lipinski definition) is 4. The van der Waals surface area contributed by atoms with E-state index in [-0.39, 0.29) is 5.91 Å². The van der Waals surface area contributed by atoms with E-state index in [1.807, 2.05) is 0 Å². The van der Waals surface area contributed by atoms with Crippen LogP contribution in [0.15, 0.2) is 23.2 Å². The van der Waals surface area contributed by atoms with Crippen molar-refractivity contribution in [3.63, 3.8) is 0 Å². The fourth-order valence-electron chi connectivity index (χ4n) is 1.83. The normalized spacial score (nSPS) is 11.4. The van der Waals surface area contributed by atoms with E-state index in [0.717, 1.165) is 10.2 Å². The Labute approximate surface area is 125 Å². The molecule has 0 aliphatic heterocycles. The van der Waals surface area contributed by atoms with Crippen molar-refractivity contribution in [1.82, 2.24) is 4.57 Å². The quantitative estimate of drug-likeness (QED) is 0.643. The molecule has 1 heterocycles. The van der Waals surface area contributed by atoms with Crippen LogP contribution in [0.1, 0.15) is 23.7 Å². The number of benzene rings is 1. The van der Waals surface area contributed by atoms with Gasteiger partial charge in [0, 0.05) is 6.42 Å². The van der Waals surface area contributed by atoms with Gasteiger partial charge in [-0.3, -0.25) is 4.79 Å². The maximum atomic E-state index is 11.6. The molecule has 2 aromatic rings. The summed E-state index contributed by atoms with van der Waals surface area (Å²) in [6.07, 6.45) is 5.71. The zero-order chi connectivity index (χ0) is 15.4. The number of ether oxygens (including phenoxy) is 1. The third kappa shape index (κ3) is 3.03. The second-order valence-corrected chi connectivity index (χ2v) is 5.22. The molecular weight excluding hydrogens is 288 g/mol. The van der Waals surface area contributed by atoms with Crippen molar-refractivity contribution in [1.29, 1.82) is 0 Å². The lowest BCUT2D eigenvalue weighted by molar-refractivity contribution is -0.117. The van der Waals surface area contributed by atoms with Gasteiger partial charge < -0.3 is 9.30 Å². The van der Waals surface area contributed by atoms with Crippen molar-refractivity contribution in [2.45, 2.75) is 19.9 Å². The van der Waals surface area contributed by atoms with Crippen LogP contribution in [0.5, 0.6) is 0 Å². The molecular formula is C15H14N2O3S. The Morgan fingerprint density at radius 1 is 1.48 bits per heavy atom. The molecule has 0 fully saturated rings. The molecule has 21 heavy (non-hydrogen) atoms. The number of terminal acetylenes is 1. The first kappa shape index (κ1) is 15.0. The Kier molecular flexibility index (Phi) is 4.55. The minimum absolute atomic E-state index is 0.208. The average molecular weight is 302 g/mol. The number of rotatable bonds is 3. The Balaban J connectivity index is 2.67. The minimum Gasteiger partial charge on any atom is -0.465 e. The molecule has 0 bridgehead atoms. The summed E-state index contributed by atoms with van der Waals surface area (Å²) >= 11 is 1.32. The zero-order valence-electron chi connectivity index (χ0n) is 11.8. The van der Waals surface area contributed by atoms with E-state index < -0.39 is 5.97 Å². The van der Waals surface area contributed by atoms with E-state index in [4.69, 9.17) is 11.2 Å². The van der Waals surface area contributed by atoms with Crippen molar-refractivity contribution in [3.8, 4) is 12.3 Å². The molecule has 5 nitrogen and oxygen atoms in total. The molecule has 108 valence electrons. The lowest BCUT2D eigenvalue weighted by Gasteiger charge is -2.01. The number of fused-ring (bicyclic) bond motifs is 1. The van der Waals surface area contributed by atoms with E-state index in [1.165, 1.54) is 18.4 Å². The van der Waals surface area contributed by atoms with Gasteiger partial charge in [0.25, 0.3) is 0 Å².